The fourth-order valence-corrected chi connectivity index (χ4v) is 2.13. The number of benzene rings is 2. The minimum Gasteiger partial charge on any atom is -0.495 e. The molecule has 1 N–H and O–H groups in total. The summed E-state index contributed by atoms with van der Waals surface area (Å²) in [7, 11) is 1.56. The number of aromatic nitrogens is 2. The molecule has 6 heteroatoms. The molecule has 0 aliphatic carbocycles. The molecule has 0 aliphatic rings. The van der Waals surface area contributed by atoms with Gasteiger partial charge in [-0.3, -0.25) is 4.79 Å². The lowest BCUT2D eigenvalue weighted by Crippen LogP contribution is -2.12. The summed E-state index contributed by atoms with van der Waals surface area (Å²) in [6.07, 6.45) is 0. The van der Waals surface area contributed by atoms with Crippen molar-refractivity contribution >= 4 is 11.6 Å². The lowest BCUT2D eigenvalue weighted by Gasteiger charge is -2.09. The molecular formula is C17H15N3O3. The number of para-hydroxylation sites is 2. The van der Waals surface area contributed by atoms with E-state index in [2.05, 4.69) is 15.5 Å². The van der Waals surface area contributed by atoms with Gasteiger partial charge in [-0.05, 0) is 24.3 Å². The first-order chi connectivity index (χ1) is 11.2. The maximum absolute atomic E-state index is 12.3. The number of hydrogen-bond acceptors (Lipinski definition) is 5. The van der Waals surface area contributed by atoms with E-state index in [0.29, 0.717) is 28.7 Å². The minimum absolute atomic E-state index is 0.217. The van der Waals surface area contributed by atoms with E-state index >= 15 is 0 Å². The van der Waals surface area contributed by atoms with Crippen LogP contribution in [-0.4, -0.2) is 23.2 Å². The minimum atomic E-state index is -0.217. The van der Waals surface area contributed by atoms with Gasteiger partial charge in [0.15, 0.2) is 0 Å². The normalized spacial score (nSPS) is 10.3. The summed E-state index contributed by atoms with van der Waals surface area (Å²) in [4.78, 5) is 16.5. The largest absolute Gasteiger partial charge is 0.495 e. The molecule has 1 amide bonds. The van der Waals surface area contributed by atoms with Crippen molar-refractivity contribution in [3.05, 3.63) is 60.0 Å². The number of carbonyl (C=O) groups is 1. The first-order valence-corrected chi connectivity index (χ1v) is 7.02. The highest BCUT2D eigenvalue weighted by atomic mass is 16.5. The molecule has 0 atom stereocenters. The molecule has 1 aromatic heterocycles. The van der Waals surface area contributed by atoms with Gasteiger partial charge in [0, 0.05) is 18.1 Å². The zero-order valence-electron chi connectivity index (χ0n) is 12.7. The van der Waals surface area contributed by atoms with Crippen molar-refractivity contribution in [2.24, 2.45) is 0 Å². The fourth-order valence-electron chi connectivity index (χ4n) is 2.13. The van der Waals surface area contributed by atoms with Crippen LogP contribution in [0, 0.1) is 6.92 Å². The van der Waals surface area contributed by atoms with Gasteiger partial charge in [0.05, 0.1) is 12.8 Å². The number of aryl methyl sites for hydroxylation is 1. The Kier molecular flexibility index (Phi) is 4.05. The summed E-state index contributed by atoms with van der Waals surface area (Å²) >= 11 is 0. The highest BCUT2D eigenvalue weighted by Gasteiger charge is 2.11. The molecule has 0 radical (unpaired) electrons. The molecule has 0 aliphatic heterocycles. The Hall–Kier alpha value is -3.15. The lowest BCUT2D eigenvalue weighted by molar-refractivity contribution is 0.102. The van der Waals surface area contributed by atoms with E-state index in [1.54, 1.807) is 50.4 Å². The smallest absolute Gasteiger partial charge is 0.255 e. The zero-order chi connectivity index (χ0) is 16.2. The first kappa shape index (κ1) is 14.8. The first-order valence-electron chi connectivity index (χ1n) is 7.02. The standard InChI is InChI=1S/C17H15N3O3/c1-11-18-16(20-23-11)12-7-9-13(10-8-12)17(21)19-14-5-3-4-6-15(14)22-2/h3-10H,1-2H3,(H,19,21). The average molecular weight is 309 g/mol. The van der Waals surface area contributed by atoms with Crippen molar-refractivity contribution in [2.75, 3.05) is 12.4 Å². The predicted molar refractivity (Wildman–Crippen MR) is 85.4 cm³/mol. The Morgan fingerprint density at radius 1 is 1.13 bits per heavy atom. The van der Waals surface area contributed by atoms with Gasteiger partial charge >= 0.3 is 0 Å². The highest BCUT2D eigenvalue weighted by Crippen LogP contribution is 2.24. The number of carbonyl (C=O) groups excluding carboxylic acids is 1. The van der Waals surface area contributed by atoms with Gasteiger partial charge in [-0.25, -0.2) is 0 Å². The van der Waals surface area contributed by atoms with Crippen molar-refractivity contribution < 1.29 is 14.1 Å². The van der Waals surface area contributed by atoms with Crippen molar-refractivity contribution in [1.29, 1.82) is 0 Å². The quantitative estimate of drug-likeness (QED) is 0.800. The Morgan fingerprint density at radius 3 is 2.52 bits per heavy atom. The van der Waals surface area contributed by atoms with Gasteiger partial charge in [0.1, 0.15) is 5.75 Å². The second kappa shape index (κ2) is 6.31. The van der Waals surface area contributed by atoms with Crippen LogP contribution >= 0.6 is 0 Å². The average Bonchev–Trinajstić information content (AvgIpc) is 3.02. The number of nitrogens with one attached hydrogen (secondary N) is 1. The maximum atomic E-state index is 12.3. The number of nitrogens with zero attached hydrogens (tertiary/aromatic N) is 2. The topological polar surface area (TPSA) is 77.2 Å². The molecule has 6 nitrogen and oxygen atoms in total. The van der Waals surface area contributed by atoms with Crippen LogP contribution in [0.2, 0.25) is 0 Å². The van der Waals surface area contributed by atoms with E-state index < -0.39 is 0 Å². The molecule has 23 heavy (non-hydrogen) atoms. The van der Waals surface area contributed by atoms with Crippen molar-refractivity contribution in [3.8, 4) is 17.1 Å². The van der Waals surface area contributed by atoms with E-state index in [0.717, 1.165) is 5.56 Å². The molecule has 0 saturated heterocycles. The van der Waals surface area contributed by atoms with Gasteiger partial charge in [0.25, 0.3) is 5.91 Å². The number of amides is 1. The third-order valence-electron chi connectivity index (χ3n) is 3.29. The van der Waals surface area contributed by atoms with Gasteiger partial charge in [0.2, 0.25) is 11.7 Å². The SMILES string of the molecule is COc1ccccc1NC(=O)c1ccc(-c2noc(C)n2)cc1. The second-order valence-corrected chi connectivity index (χ2v) is 4.87. The molecule has 1 heterocycles. The third-order valence-corrected chi connectivity index (χ3v) is 3.29. The predicted octanol–water partition coefficient (Wildman–Crippen LogP) is 3.31. The molecule has 0 fully saturated rings. The molecular weight excluding hydrogens is 294 g/mol. The number of rotatable bonds is 4. The van der Waals surface area contributed by atoms with E-state index in [-0.39, 0.29) is 5.91 Å². The Balaban J connectivity index is 1.78. The van der Waals surface area contributed by atoms with Gasteiger partial charge in [-0.2, -0.15) is 4.98 Å². The second-order valence-electron chi connectivity index (χ2n) is 4.87. The van der Waals surface area contributed by atoms with Crippen LogP contribution in [0.1, 0.15) is 16.2 Å². The lowest BCUT2D eigenvalue weighted by atomic mass is 10.1. The maximum Gasteiger partial charge on any atom is 0.255 e. The Labute approximate surface area is 133 Å². The highest BCUT2D eigenvalue weighted by molar-refractivity contribution is 6.05. The van der Waals surface area contributed by atoms with Gasteiger partial charge < -0.3 is 14.6 Å². The Bertz CT molecular complexity index is 825. The van der Waals surface area contributed by atoms with E-state index in [1.165, 1.54) is 0 Å². The Morgan fingerprint density at radius 2 is 1.87 bits per heavy atom. The van der Waals surface area contributed by atoms with Crippen molar-refractivity contribution in [1.82, 2.24) is 10.1 Å². The molecule has 3 aromatic rings. The van der Waals surface area contributed by atoms with Crippen LogP contribution in [0.15, 0.2) is 53.1 Å². The molecule has 0 spiro atoms. The summed E-state index contributed by atoms with van der Waals surface area (Å²) in [5.41, 5.74) is 1.94. The zero-order valence-corrected chi connectivity index (χ0v) is 12.7. The number of ether oxygens (including phenoxy) is 1. The fraction of sp³-hybridized carbons (Fsp3) is 0.118. The summed E-state index contributed by atoms with van der Waals surface area (Å²) in [5.74, 6) is 1.39. The van der Waals surface area contributed by atoms with Crippen LogP contribution in [-0.2, 0) is 0 Å². The number of methoxy groups -OCH3 is 1. The van der Waals surface area contributed by atoms with Crippen LogP contribution in [0.4, 0.5) is 5.69 Å². The molecule has 116 valence electrons. The third kappa shape index (κ3) is 3.21. The van der Waals surface area contributed by atoms with Gasteiger partial charge in [-0.1, -0.05) is 29.4 Å². The molecule has 0 bridgehead atoms. The summed E-state index contributed by atoms with van der Waals surface area (Å²) in [6, 6.07) is 14.2. The van der Waals surface area contributed by atoms with Crippen LogP contribution in [0.5, 0.6) is 5.75 Å². The van der Waals surface area contributed by atoms with E-state index in [4.69, 9.17) is 9.26 Å². The molecule has 0 unspecified atom stereocenters. The summed E-state index contributed by atoms with van der Waals surface area (Å²) < 4.78 is 10.2. The molecule has 2 aromatic carbocycles. The number of hydrogen-bond donors (Lipinski definition) is 1. The summed E-state index contributed by atoms with van der Waals surface area (Å²) in [6.45, 7) is 1.73. The number of anilines is 1. The van der Waals surface area contributed by atoms with Gasteiger partial charge in [-0.15, -0.1) is 0 Å². The van der Waals surface area contributed by atoms with Crippen LogP contribution in [0.3, 0.4) is 0 Å². The van der Waals surface area contributed by atoms with Crippen LogP contribution < -0.4 is 10.1 Å². The summed E-state index contributed by atoms with van der Waals surface area (Å²) in [5, 5.41) is 6.68. The van der Waals surface area contributed by atoms with E-state index in [1.807, 2.05) is 12.1 Å². The van der Waals surface area contributed by atoms with Crippen LogP contribution in [0.25, 0.3) is 11.4 Å². The molecule has 3 rings (SSSR count). The monoisotopic (exact) mass is 309 g/mol. The van der Waals surface area contributed by atoms with E-state index in [9.17, 15) is 4.79 Å². The van der Waals surface area contributed by atoms with Crippen molar-refractivity contribution in [3.63, 3.8) is 0 Å². The molecule has 0 saturated carbocycles. The van der Waals surface area contributed by atoms with Crippen molar-refractivity contribution in [2.45, 2.75) is 6.92 Å².